The highest BCUT2D eigenvalue weighted by atomic mass is 35.5. The van der Waals surface area contributed by atoms with Crippen LogP contribution in [0.15, 0.2) is 0 Å². The fourth-order valence-corrected chi connectivity index (χ4v) is 2.65. The molecule has 0 aromatic carbocycles. The van der Waals surface area contributed by atoms with Gasteiger partial charge >= 0.3 is 0 Å². The highest BCUT2D eigenvalue weighted by Crippen LogP contribution is 2.19. The molecule has 2 rings (SSSR count). The van der Waals surface area contributed by atoms with Crippen molar-refractivity contribution >= 4 is 29.1 Å². The van der Waals surface area contributed by atoms with E-state index in [0.29, 0.717) is 36.1 Å². The zero-order valence-corrected chi connectivity index (χ0v) is 15.3. The first-order valence-corrected chi connectivity index (χ1v) is 8.22. The van der Waals surface area contributed by atoms with Crippen LogP contribution in [-0.2, 0) is 17.9 Å². The van der Waals surface area contributed by atoms with E-state index in [1.807, 2.05) is 27.7 Å². The van der Waals surface area contributed by atoms with Crippen molar-refractivity contribution < 1.29 is 4.79 Å². The normalized spacial score (nSPS) is 11.0. The minimum absolute atomic E-state index is 0.0266. The molecule has 2 aromatic rings. The molecule has 0 saturated heterocycles. The Hall–Kier alpha value is -1.53. The fourth-order valence-electron chi connectivity index (χ4n) is 2.38. The SMILES string of the molecule is Cc1nn(CCNC(=O)CCn2nc(C)c(Cl)c2C)c(C)c1Cl. The Bertz CT molecular complexity index is 720. The van der Waals surface area contributed by atoms with Gasteiger partial charge in [-0.05, 0) is 27.7 Å². The van der Waals surface area contributed by atoms with Gasteiger partial charge in [0.15, 0.2) is 0 Å². The van der Waals surface area contributed by atoms with Crippen LogP contribution < -0.4 is 5.32 Å². The van der Waals surface area contributed by atoms with Crippen LogP contribution in [0.2, 0.25) is 10.0 Å². The van der Waals surface area contributed by atoms with Crippen LogP contribution >= 0.6 is 23.2 Å². The first kappa shape index (κ1) is 17.8. The summed E-state index contributed by atoms with van der Waals surface area (Å²) in [6.07, 6.45) is 0.357. The second-order valence-electron chi connectivity index (χ2n) is 5.52. The number of nitrogens with zero attached hydrogens (tertiary/aromatic N) is 4. The molecule has 0 aliphatic heterocycles. The lowest BCUT2D eigenvalue weighted by atomic mass is 10.3. The molecule has 0 fully saturated rings. The molecule has 0 spiro atoms. The van der Waals surface area contributed by atoms with Crippen LogP contribution in [0.4, 0.5) is 0 Å². The molecule has 1 amide bonds. The largest absolute Gasteiger partial charge is 0.354 e. The molecule has 2 heterocycles. The van der Waals surface area contributed by atoms with Crippen LogP contribution in [-0.4, -0.2) is 32.0 Å². The maximum Gasteiger partial charge on any atom is 0.221 e. The molecule has 0 unspecified atom stereocenters. The number of carbonyl (C=O) groups excluding carboxylic acids is 1. The Labute approximate surface area is 145 Å². The van der Waals surface area contributed by atoms with Crippen LogP contribution in [0.3, 0.4) is 0 Å². The van der Waals surface area contributed by atoms with Crippen molar-refractivity contribution in [3.8, 4) is 0 Å². The van der Waals surface area contributed by atoms with Crippen molar-refractivity contribution in [3.63, 3.8) is 0 Å². The van der Waals surface area contributed by atoms with Crippen molar-refractivity contribution in [1.82, 2.24) is 24.9 Å². The molecule has 6 nitrogen and oxygen atoms in total. The Morgan fingerprint density at radius 1 is 0.957 bits per heavy atom. The summed E-state index contributed by atoms with van der Waals surface area (Å²) in [5.74, 6) is -0.0266. The predicted molar refractivity (Wildman–Crippen MR) is 91.0 cm³/mol. The van der Waals surface area contributed by atoms with Crippen LogP contribution in [0.1, 0.15) is 29.2 Å². The summed E-state index contributed by atoms with van der Waals surface area (Å²) in [7, 11) is 0. The number of aromatic nitrogens is 4. The van der Waals surface area contributed by atoms with Gasteiger partial charge in [0.2, 0.25) is 5.91 Å². The van der Waals surface area contributed by atoms with Gasteiger partial charge in [-0.3, -0.25) is 14.2 Å². The molecule has 0 aliphatic carbocycles. The van der Waals surface area contributed by atoms with E-state index >= 15 is 0 Å². The first-order chi connectivity index (χ1) is 10.8. The first-order valence-electron chi connectivity index (χ1n) is 7.47. The molecule has 126 valence electrons. The minimum atomic E-state index is -0.0266. The molecule has 0 saturated carbocycles. The molecular weight excluding hydrogens is 337 g/mol. The van der Waals surface area contributed by atoms with Gasteiger partial charge in [0.05, 0.1) is 45.9 Å². The van der Waals surface area contributed by atoms with E-state index in [-0.39, 0.29) is 5.91 Å². The number of halogens is 2. The van der Waals surface area contributed by atoms with Crippen molar-refractivity contribution in [1.29, 1.82) is 0 Å². The van der Waals surface area contributed by atoms with Crippen LogP contribution in [0.25, 0.3) is 0 Å². The second-order valence-corrected chi connectivity index (χ2v) is 6.27. The van der Waals surface area contributed by atoms with E-state index in [1.165, 1.54) is 0 Å². The third-order valence-corrected chi connectivity index (χ3v) is 4.88. The molecule has 23 heavy (non-hydrogen) atoms. The molecular formula is C15H21Cl2N5O. The standard InChI is InChI=1S/C15H21Cl2N5O/c1-9-14(16)11(3)21(19-9)7-5-13(23)18-6-8-22-12(4)15(17)10(2)20-22/h5-8H2,1-4H3,(H,18,23). The number of hydrogen-bond donors (Lipinski definition) is 1. The maximum atomic E-state index is 11.9. The average molecular weight is 358 g/mol. The quantitative estimate of drug-likeness (QED) is 0.864. The van der Waals surface area contributed by atoms with Gasteiger partial charge in [-0.15, -0.1) is 0 Å². The van der Waals surface area contributed by atoms with Crippen molar-refractivity contribution in [3.05, 3.63) is 32.8 Å². The van der Waals surface area contributed by atoms with Gasteiger partial charge < -0.3 is 5.32 Å². The highest BCUT2D eigenvalue weighted by Gasteiger charge is 2.11. The monoisotopic (exact) mass is 357 g/mol. The topological polar surface area (TPSA) is 64.7 Å². The molecule has 2 aromatic heterocycles. The maximum absolute atomic E-state index is 11.9. The summed E-state index contributed by atoms with van der Waals surface area (Å²) in [6, 6.07) is 0. The summed E-state index contributed by atoms with van der Waals surface area (Å²) in [4.78, 5) is 11.9. The third-order valence-electron chi connectivity index (χ3n) is 3.78. The van der Waals surface area contributed by atoms with Gasteiger partial charge in [-0.2, -0.15) is 10.2 Å². The van der Waals surface area contributed by atoms with E-state index < -0.39 is 0 Å². The Kier molecular flexibility index (Phi) is 5.70. The number of aryl methyl sites for hydroxylation is 3. The Balaban J connectivity index is 1.79. The van der Waals surface area contributed by atoms with Gasteiger partial charge in [0.25, 0.3) is 0 Å². The van der Waals surface area contributed by atoms with E-state index in [9.17, 15) is 4.79 Å². The lowest BCUT2D eigenvalue weighted by Crippen LogP contribution is -2.28. The number of amides is 1. The van der Waals surface area contributed by atoms with Gasteiger partial charge in [-0.1, -0.05) is 23.2 Å². The molecule has 0 bridgehead atoms. The fraction of sp³-hybridized carbons (Fsp3) is 0.533. The van der Waals surface area contributed by atoms with Gasteiger partial charge in [0, 0.05) is 13.0 Å². The Morgan fingerprint density at radius 2 is 1.43 bits per heavy atom. The number of nitrogens with one attached hydrogen (secondary N) is 1. The zero-order valence-electron chi connectivity index (χ0n) is 13.8. The van der Waals surface area contributed by atoms with E-state index in [1.54, 1.807) is 9.36 Å². The number of carbonyl (C=O) groups is 1. The smallest absolute Gasteiger partial charge is 0.221 e. The second kappa shape index (κ2) is 7.36. The van der Waals surface area contributed by atoms with E-state index in [4.69, 9.17) is 23.2 Å². The van der Waals surface area contributed by atoms with Gasteiger partial charge in [0.1, 0.15) is 0 Å². The average Bonchev–Trinajstić information content (AvgIpc) is 2.90. The molecule has 0 aliphatic rings. The number of rotatable bonds is 6. The van der Waals surface area contributed by atoms with Crippen molar-refractivity contribution in [2.75, 3.05) is 6.54 Å². The van der Waals surface area contributed by atoms with Gasteiger partial charge in [-0.25, -0.2) is 0 Å². The van der Waals surface area contributed by atoms with E-state index in [0.717, 1.165) is 22.8 Å². The lowest BCUT2D eigenvalue weighted by molar-refractivity contribution is -0.121. The minimum Gasteiger partial charge on any atom is -0.354 e. The molecule has 8 heteroatoms. The van der Waals surface area contributed by atoms with E-state index in [2.05, 4.69) is 15.5 Å². The van der Waals surface area contributed by atoms with Crippen molar-refractivity contribution in [2.45, 2.75) is 47.2 Å². The summed E-state index contributed by atoms with van der Waals surface area (Å²) in [6.45, 7) is 9.14. The summed E-state index contributed by atoms with van der Waals surface area (Å²) in [5, 5.41) is 12.9. The predicted octanol–water partition coefficient (Wildman–Crippen LogP) is 2.83. The van der Waals surface area contributed by atoms with Crippen LogP contribution in [0, 0.1) is 27.7 Å². The zero-order chi connectivity index (χ0) is 17.1. The summed E-state index contributed by atoms with van der Waals surface area (Å²) in [5.41, 5.74) is 3.38. The lowest BCUT2D eigenvalue weighted by Gasteiger charge is -2.08. The Morgan fingerprint density at radius 3 is 1.87 bits per heavy atom. The summed E-state index contributed by atoms with van der Waals surface area (Å²) < 4.78 is 3.57. The third kappa shape index (κ3) is 4.06. The molecule has 0 radical (unpaired) electrons. The highest BCUT2D eigenvalue weighted by molar-refractivity contribution is 6.32. The molecule has 1 N–H and O–H groups in total. The number of hydrogen-bond acceptors (Lipinski definition) is 3. The molecule has 0 atom stereocenters. The summed E-state index contributed by atoms with van der Waals surface area (Å²) >= 11 is 12.2. The van der Waals surface area contributed by atoms with Crippen molar-refractivity contribution in [2.24, 2.45) is 0 Å². The van der Waals surface area contributed by atoms with Crippen LogP contribution in [0.5, 0.6) is 0 Å².